The van der Waals surface area contributed by atoms with E-state index in [4.69, 9.17) is 0 Å². The van der Waals surface area contributed by atoms with Crippen LogP contribution in [0.3, 0.4) is 0 Å². The van der Waals surface area contributed by atoms with Gasteiger partial charge in [-0.15, -0.1) is 11.8 Å². The molecule has 0 aliphatic heterocycles. The highest BCUT2D eigenvalue weighted by Gasteiger charge is 2.21. The minimum absolute atomic E-state index is 0.840. The van der Waals surface area contributed by atoms with Crippen molar-refractivity contribution in [1.29, 1.82) is 0 Å². The van der Waals surface area contributed by atoms with Crippen molar-refractivity contribution in [3.8, 4) is 0 Å². The third kappa shape index (κ3) is 5.14. The van der Waals surface area contributed by atoms with Crippen molar-refractivity contribution in [3.05, 3.63) is 29.8 Å². The van der Waals surface area contributed by atoms with Gasteiger partial charge >= 0.3 is 0 Å². The maximum atomic E-state index is 3.49. The van der Waals surface area contributed by atoms with Gasteiger partial charge in [-0.05, 0) is 49.4 Å². The summed E-state index contributed by atoms with van der Waals surface area (Å²) in [5.41, 5.74) is 1.42. The first-order valence-corrected chi connectivity index (χ1v) is 9.16. The van der Waals surface area contributed by atoms with E-state index < -0.39 is 0 Å². The lowest BCUT2D eigenvalue weighted by molar-refractivity contribution is 0.357. The van der Waals surface area contributed by atoms with Gasteiger partial charge in [0.25, 0.3) is 0 Å². The van der Waals surface area contributed by atoms with E-state index in [9.17, 15) is 0 Å². The summed E-state index contributed by atoms with van der Waals surface area (Å²) in [4.78, 5) is 1.46. The molecule has 0 amide bonds. The second-order valence-electron chi connectivity index (χ2n) is 6.00. The number of thioether (sulfide) groups is 1. The monoisotopic (exact) mass is 291 g/mol. The molecule has 1 nitrogen and oxygen atoms in total. The Morgan fingerprint density at radius 3 is 2.95 bits per heavy atom. The minimum Gasteiger partial charge on any atom is -0.313 e. The summed E-state index contributed by atoms with van der Waals surface area (Å²) in [5.74, 6) is 0.968. The number of nitrogens with one attached hydrogen (secondary N) is 1. The van der Waals surface area contributed by atoms with Crippen molar-refractivity contribution < 1.29 is 0 Å². The van der Waals surface area contributed by atoms with Crippen molar-refractivity contribution in [1.82, 2.24) is 5.32 Å². The van der Waals surface area contributed by atoms with Gasteiger partial charge in [0.05, 0.1) is 0 Å². The lowest BCUT2D eigenvalue weighted by atomic mass is 9.87. The van der Waals surface area contributed by atoms with Crippen molar-refractivity contribution >= 4 is 11.8 Å². The maximum absolute atomic E-state index is 3.49. The average molecular weight is 292 g/mol. The fourth-order valence-electron chi connectivity index (χ4n) is 3.05. The van der Waals surface area contributed by atoms with E-state index in [1.54, 1.807) is 0 Å². The van der Waals surface area contributed by atoms with Crippen LogP contribution < -0.4 is 5.32 Å². The van der Waals surface area contributed by atoms with E-state index in [-0.39, 0.29) is 0 Å². The largest absolute Gasteiger partial charge is 0.313 e. The number of hydrogen-bond donors (Lipinski definition) is 1. The molecule has 1 fully saturated rings. The third-order valence-corrected chi connectivity index (χ3v) is 5.56. The Kier molecular flexibility index (Phi) is 6.95. The Morgan fingerprint density at radius 1 is 1.25 bits per heavy atom. The van der Waals surface area contributed by atoms with E-state index in [0.717, 1.165) is 24.3 Å². The molecular formula is C18H29NS. The van der Waals surface area contributed by atoms with Gasteiger partial charge in [-0.25, -0.2) is 0 Å². The van der Waals surface area contributed by atoms with Crippen molar-refractivity contribution in [2.24, 2.45) is 5.92 Å². The fraction of sp³-hybridized carbons (Fsp3) is 0.667. The summed E-state index contributed by atoms with van der Waals surface area (Å²) >= 11 is 2.11. The van der Waals surface area contributed by atoms with Crippen LogP contribution in [0.25, 0.3) is 0 Å². The quantitative estimate of drug-likeness (QED) is 0.689. The van der Waals surface area contributed by atoms with Gasteiger partial charge < -0.3 is 5.32 Å². The Hall–Kier alpha value is -0.470. The van der Waals surface area contributed by atoms with Crippen LogP contribution in [-0.4, -0.2) is 11.8 Å². The summed E-state index contributed by atoms with van der Waals surface area (Å²) in [6, 6.07) is 9.11. The van der Waals surface area contributed by atoms with Crippen LogP contribution in [0, 0.1) is 5.92 Å². The standard InChI is InChI=1S/C18H29NS/c1-3-11-19-14-16-8-6-10-18(13-16)20-17-9-5-7-15(4-2)12-17/h6,8,10,13,15,17,19H,3-5,7,9,11-12,14H2,1-2H3. The molecule has 0 radical (unpaired) electrons. The highest BCUT2D eigenvalue weighted by molar-refractivity contribution is 8.00. The van der Waals surface area contributed by atoms with Gasteiger partial charge in [-0.3, -0.25) is 0 Å². The zero-order chi connectivity index (χ0) is 14.2. The van der Waals surface area contributed by atoms with Crippen LogP contribution in [0.5, 0.6) is 0 Å². The first-order valence-electron chi connectivity index (χ1n) is 8.28. The molecular weight excluding hydrogens is 262 g/mol. The normalized spacial score (nSPS) is 22.9. The Balaban J connectivity index is 1.87. The van der Waals surface area contributed by atoms with Gasteiger partial charge in [0.15, 0.2) is 0 Å². The van der Waals surface area contributed by atoms with Gasteiger partial charge in [0.1, 0.15) is 0 Å². The van der Waals surface area contributed by atoms with Gasteiger partial charge in [0.2, 0.25) is 0 Å². The lowest BCUT2D eigenvalue weighted by Gasteiger charge is -2.28. The Bertz CT molecular complexity index is 391. The summed E-state index contributed by atoms with van der Waals surface area (Å²) in [7, 11) is 0. The molecule has 0 heterocycles. The molecule has 112 valence electrons. The van der Waals surface area contributed by atoms with E-state index >= 15 is 0 Å². The molecule has 20 heavy (non-hydrogen) atoms. The molecule has 1 aromatic rings. The number of benzene rings is 1. The summed E-state index contributed by atoms with van der Waals surface area (Å²) in [5, 5.41) is 4.33. The van der Waals surface area contributed by atoms with E-state index in [1.165, 1.54) is 49.0 Å². The molecule has 1 aromatic carbocycles. The Labute approximate surface area is 128 Å². The Morgan fingerprint density at radius 2 is 2.15 bits per heavy atom. The molecule has 1 saturated carbocycles. The van der Waals surface area contributed by atoms with Crippen molar-refractivity contribution in [2.45, 2.75) is 69.1 Å². The molecule has 1 N–H and O–H groups in total. The van der Waals surface area contributed by atoms with E-state index in [1.807, 2.05) is 0 Å². The summed E-state index contributed by atoms with van der Waals surface area (Å²) in [6.45, 7) is 6.67. The number of hydrogen-bond acceptors (Lipinski definition) is 2. The second kappa shape index (κ2) is 8.74. The summed E-state index contributed by atoms with van der Waals surface area (Å²) < 4.78 is 0. The highest BCUT2D eigenvalue weighted by Crippen LogP contribution is 2.37. The van der Waals surface area contributed by atoms with Crippen LogP contribution >= 0.6 is 11.8 Å². The summed E-state index contributed by atoms with van der Waals surface area (Å²) in [6.07, 6.45) is 8.26. The third-order valence-electron chi connectivity index (χ3n) is 4.27. The molecule has 1 aliphatic carbocycles. The predicted molar refractivity (Wildman–Crippen MR) is 90.3 cm³/mol. The van der Waals surface area contributed by atoms with Crippen LogP contribution in [-0.2, 0) is 6.54 Å². The van der Waals surface area contributed by atoms with Crippen LogP contribution in [0.15, 0.2) is 29.2 Å². The van der Waals surface area contributed by atoms with Crippen LogP contribution in [0.2, 0.25) is 0 Å². The number of rotatable bonds is 7. The zero-order valence-corrected chi connectivity index (χ0v) is 13.8. The molecule has 2 heteroatoms. The maximum Gasteiger partial charge on any atom is 0.0205 e. The lowest BCUT2D eigenvalue weighted by Crippen LogP contribution is -2.16. The predicted octanol–water partition coefficient (Wildman–Crippen LogP) is 5.25. The zero-order valence-electron chi connectivity index (χ0n) is 13.0. The van der Waals surface area contributed by atoms with Crippen LogP contribution in [0.1, 0.15) is 57.9 Å². The van der Waals surface area contributed by atoms with Crippen molar-refractivity contribution in [3.63, 3.8) is 0 Å². The first kappa shape index (κ1) is 15.9. The molecule has 0 saturated heterocycles. The van der Waals surface area contributed by atoms with Gasteiger partial charge in [-0.2, -0.15) is 0 Å². The van der Waals surface area contributed by atoms with Gasteiger partial charge in [0, 0.05) is 16.7 Å². The van der Waals surface area contributed by atoms with Crippen LogP contribution in [0.4, 0.5) is 0 Å². The molecule has 0 spiro atoms. The van der Waals surface area contributed by atoms with E-state index in [2.05, 4.69) is 55.2 Å². The van der Waals surface area contributed by atoms with E-state index in [0.29, 0.717) is 0 Å². The SMILES string of the molecule is CCCNCc1cccc(SC2CCCC(CC)C2)c1. The van der Waals surface area contributed by atoms with Gasteiger partial charge in [-0.1, -0.05) is 45.2 Å². The minimum atomic E-state index is 0.840. The molecule has 0 bridgehead atoms. The smallest absolute Gasteiger partial charge is 0.0205 e. The molecule has 2 atom stereocenters. The molecule has 2 rings (SSSR count). The fourth-order valence-corrected chi connectivity index (χ4v) is 4.46. The molecule has 1 aliphatic rings. The molecule has 2 unspecified atom stereocenters. The van der Waals surface area contributed by atoms with Crippen molar-refractivity contribution in [2.75, 3.05) is 6.54 Å². The average Bonchev–Trinajstić information content (AvgIpc) is 2.48. The highest BCUT2D eigenvalue weighted by atomic mass is 32.2. The molecule has 0 aromatic heterocycles. The first-order chi connectivity index (χ1) is 9.81. The second-order valence-corrected chi connectivity index (χ2v) is 7.38. The topological polar surface area (TPSA) is 12.0 Å².